The van der Waals surface area contributed by atoms with E-state index >= 15 is 0 Å². The first-order chi connectivity index (χ1) is 5.34. The fraction of sp³-hybridized carbons (Fsp3) is 0.333. The van der Waals surface area contributed by atoms with Crippen molar-refractivity contribution in [2.45, 2.75) is 19.0 Å². The summed E-state index contributed by atoms with van der Waals surface area (Å²) in [4.78, 5) is 3.83. The molecule has 0 fully saturated rings. The Morgan fingerprint density at radius 1 is 1.64 bits per heavy atom. The number of hydrogen-bond acceptors (Lipinski definition) is 1. The summed E-state index contributed by atoms with van der Waals surface area (Å²) in [5.41, 5.74) is 0.649. The van der Waals surface area contributed by atoms with Crippen molar-refractivity contribution >= 4 is 0 Å². The summed E-state index contributed by atoms with van der Waals surface area (Å²) in [5, 5.41) is 0. The Hall–Kier alpha value is -0.920. The van der Waals surface area contributed by atoms with Crippen LogP contribution in [0, 0.1) is 6.92 Å². The molecule has 1 radical (unpaired) electrons. The Morgan fingerprint density at radius 2 is 2.45 bits per heavy atom. The molecule has 1 nitrogen and oxygen atoms in total. The minimum atomic E-state index is -0.902. The Kier molecular flexibility index (Phi) is 3.02. The van der Waals surface area contributed by atoms with Gasteiger partial charge in [-0.15, -0.1) is 0 Å². The Bertz CT molecular complexity index is 198. The molecule has 0 aliphatic rings. The number of halogens is 1. The van der Waals surface area contributed by atoms with Gasteiger partial charge in [-0.25, -0.2) is 4.39 Å². The molecule has 1 aromatic heterocycles. The molecular weight excluding hydrogens is 141 g/mol. The molecule has 0 bridgehead atoms. The quantitative estimate of drug-likeness (QED) is 0.649. The number of pyridine rings is 1. The molecule has 0 aliphatic carbocycles. The average molecular weight is 152 g/mol. The zero-order chi connectivity index (χ0) is 8.10. The van der Waals surface area contributed by atoms with Crippen molar-refractivity contribution in [1.29, 1.82) is 0 Å². The number of rotatable bonds is 3. The third-order valence-corrected chi connectivity index (χ3v) is 1.50. The molecule has 59 valence electrons. The largest absolute Gasteiger partial charge is 0.264 e. The van der Waals surface area contributed by atoms with E-state index in [4.69, 9.17) is 0 Å². The molecule has 0 saturated heterocycles. The highest BCUT2D eigenvalue weighted by atomic mass is 19.1. The highest BCUT2D eigenvalue weighted by Crippen LogP contribution is 2.20. The van der Waals surface area contributed by atoms with Crippen molar-refractivity contribution in [3.63, 3.8) is 0 Å². The molecule has 1 aromatic rings. The maximum Gasteiger partial charge on any atom is 0.127 e. The fourth-order valence-corrected chi connectivity index (χ4v) is 0.907. The Morgan fingerprint density at radius 3 is 3.00 bits per heavy atom. The minimum Gasteiger partial charge on any atom is -0.264 e. The van der Waals surface area contributed by atoms with E-state index in [0.717, 1.165) is 0 Å². The second-order valence-corrected chi connectivity index (χ2v) is 2.40. The van der Waals surface area contributed by atoms with Crippen molar-refractivity contribution in [2.75, 3.05) is 0 Å². The molecule has 0 N–H and O–H groups in total. The molecular formula is C9H11FN. The molecule has 0 saturated carbocycles. The second-order valence-electron chi connectivity index (χ2n) is 2.40. The molecule has 2 heteroatoms. The van der Waals surface area contributed by atoms with Crippen LogP contribution in [0.4, 0.5) is 4.39 Å². The average Bonchev–Trinajstić information content (AvgIpc) is 2.07. The number of nitrogens with zero attached hydrogens (tertiary/aromatic N) is 1. The molecule has 0 spiro atoms. The Labute approximate surface area is 66.3 Å². The third-order valence-electron chi connectivity index (χ3n) is 1.50. The van der Waals surface area contributed by atoms with Crippen LogP contribution < -0.4 is 0 Å². The molecule has 1 unspecified atom stereocenters. The lowest BCUT2D eigenvalue weighted by atomic mass is 10.1. The SMILES string of the molecule is [CH2]CCC(F)c1cccnc1. The van der Waals surface area contributed by atoms with Crippen LogP contribution >= 0.6 is 0 Å². The molecule has 1 rings (SSSR count). The zero-order valence-corrected chi connectivity index (χ0v) is 6.33. The van der Waals surface area contributed by atoms with Crippen LogP contribution in [-0.2, 0) is 0 Å². The summed E-state index contributed by atoms with van der Waals surface area (Å²) in [5.74, 6) is 0. The summed E-state index contributed by atoms with van der Waals surface area (Å²) in [6.45, 7) is 3.59. The van der Waals surface area contributed by atoms with E-state index in [-0.39, 0.29) is 0 Å². The topological polar surface area (TPSA) is 12.9 Å². The van der Waals surface area contributed by atoms with Crippen LogP contribution in [0.25, 0.3) is 0 Å². The molecule has 0 amide bonds. The van der Waals surface area contributed by atoms with Crippen molar-refractivity contribution in [3.05, 3.63) is 37.0 Å². The smallest absolute Gasteiger partial charge is 0.127 e. The van der Waals surface area contributed by atoms with Crippen LogP contribution in [0.15, 0.2) is 24.5 Å². The lowest BCUT2D eigenvalue weighted by molar-refractivity contribution is 0.324. The van der Waals surface area contributed by atoms with Gasteiger partial charge in [0.1, 0.15) is 6.17 Å². The lowest BCUT2D eigenvalue weighted by Crippen LogP contribution is -1.90. The standard InChI is InChI=1S/C9H11FN/c1-2-4-9(10)8-5-3-6-11-7-8/h3,5-7,9H,1-2,4H2. The first-order valence-corrected chi connectivity index (χ1v) is 3.68. The maximum atomic E-state index is 13.1. The van der Waals surface area contributed by atoms with Gasteiger partial charge in [-0.1, -0.05) is 19.4 Å². The van der Waals surface area contributed by atoms with Crippen LogP contribution in [0.2, 0.25) is 0 Å². The summed E-state index contributed by atoms with van der Waals surface area (Å²) in [7, 11) is 0. The van der Waals surface area contributed by atoms with Crippen LogP contribution in [0.5, 0.6) is 0 Å². The van der Waals surface area contributed by atoms with Gasteiger partial charge in [-0.3, -0.25) is 4.98 Å². The molecule has 1 heterocycles. The van der Waals surface area contributed by atoms with E-state index < -0.39 is 6.17 Å². The van der Waals surface area contributed by atoms with E-state index in [1.165, 1.54) is 0 Å². The van der Waals surface area contributed by atoms with E-state index in [0.29, 0.717) is 18.4 Å². The van der Waals surface area contributed by atoms with E-state index in [9.17, 15) is 4.39 Å². The highest BCUT2D eigenvalue weighted by Gasteiger charge is 2.06. The first kappa shape index (κ1) is 8.18. The van der Waals surface area contributed by atoms with E-state index in [1.54, 1.807) is 24.5 Å². The number of aromatic nitrogens is 1. The molecule has 0 aliphatic heterocycles. The minimum absolute atomic E-state index is 0.478. The van der Waals surface area contributed by atoms with Gasteiger partial charge in [0.25, 0.3) is 0 Å². The summed E-state index contributed by atoms with van der Waals surface area (Å²) < 4.78 is 13.1. The number of alkyl halides is 1. The van der Waals surface area contributed by atoms with Gasteiger partial charge in [-0.2, -0.15) is 0 Å². The van der Waals surface area contributed by atoms with E-state index in [1.807, 2.05) is 0 Å². The van der Waals surface area contributed by atoms with Gasteiger partial charge in [-0.05, 0) is 12.5 Å². The van der Waals surface area contributed by atoms with Crippen molar-refractivity contribution < 1.29 is 4.39 Å². The Balaban J connectivity index is 2.61. The molecule has 11 heavy (non-hydrogen) atoms. The summed E-state index contributed by atoms with van der Waals surface area (Å²) in [6, 6.07) is 3.48. The van der Waals surface area contributed by atoms with Gasteiger partial charge in [0.15, 0.2) is 0 Å². The third kappa shape index (κ3) is 2.30. The molecule has 1 atom stereocenters. The normalized spacial score (nSPS) is 12.9. The summed E-state index contributed by atoms with van der Waals surface area (Å²) in [6.07, 6.45) is 3.39. The van der Waals surface area contributed by atoms with Gasteiger partial charge >= 0.3 is 0 Å². The first-order valence-electron chi connectivity index (χ1n) is 3.68. The predicted molar refractivity (Wildman–Crippen MR) is 42.7 cm³/mol. The highest BCUT2D eigenvalue weighted by molar-refractivity contribution is 5.11. The van der Waals surface area contributed by atoms with Crippen molar-refractivity contribution in [3.8, 4) is 0 Å². The monoisotopic (exact) mass is 152 g/mol. The zero-order valence-electron chi connectivity index (χ0n) is 6.33. The van der Waals surface area contributed by atoms with Gasteiger partial charge in [0.05, 0.1) is 0 Å². The van der Waals surface area contributed by atoms with Gasteiger partial charge in [0, 0.05) is 18.0 Å². The summed E-state index contributed by atoms with van der Waals surface area (Å²) >= 11 is 0. The lowest BCUT2D eigenvalue weighted by Gasteiger charge is -2.04. The predicted octanol–water partition coefficient (Wildman–Crippen LogP) is 2.71. The maximum absolute atomic E-state index is 13.1. The second kappa shape index (κ2) is 4.06. The van der Waals surface area contributed by atoms with Crippen molar-refractivity contribution in [1.82, 2.24) is 4.98 Å². The van der Waals surface area contributed by atoms with Crippen LogP contribution in [-0.4, -0.2) is 4.98 Å². The van der Waals surface area contributed by atoms with Crippen LogP contribution in [0.3, 0.4) is 0 Å². The van der Waals surface area contributed by atoms with E-state index in [2.05, 4.69) is 11.9 Å². The van der Waals surface area contributed by atoms with Gasteiger partial charge < -0.3 is 0 Å². The van der Waals surface area contributed by atoms with Gasteiger partial charge in [0.2, 0.25) is 0 Å². The fourth-order valence-electron chi connectivity index (χ4n) is 0.907. The number of hydrogen-bond donors (Lipinski definition) is 0. The van der Waals surface area contributed by atoms with Crippen molar-refractivity contribution in [2.24, 2.45) is 0 Å². The molecule has 0 aromatic carbocycles. The van der Waals surface area contributed by atoms with Crippen LogP contribution in [0.1, 0.15) is 24.6 Å².